The number of halogens is 1. The van der Waals surface area contributed by atoms with Crippen molar-refractivity contribution >= 4 is 17.5 Å². The summed E-state index contributed by atoms with van der Waals surface area (Å²) >= 11 is 5.94. The second-order valence-corrected chi connectivity index (χ2v) is 4.35. The molecular weight excluding hydrogens is 236 g/mol. The molecule has 0 atom stereocenters. The summed E-state index contributed by atoms with van der Waals surface area (Å²) in [6, 6.07) is 3.47. The lowest BCUT2D eigenvalue weighted by Crippen LogP contribution is -2.33. The average molecular weight is 255 g/mol. The number of nitrogens with zero attached hydrogens (tertiary/aromatic N) is 2. The monoisotopic (exact) mass is 254 g/mol. The molecule has 1 amide bonds. The zero-order chi connectivity index (χ0) is 12.7. The van der Waals surface area contributed by atoms with E-state index in [1.807, 2.05) is 4.90 Å². The molecule has 0 saturated carbocycles. The first-order valence-corrected chi connectivity index (χ1v) is 6.48. The van der Waals surface area contributed by atoms with Crippen LogP contribution in [0.5, 0.6) is 0 Å². The summed E-state index contributed by atoms with van der Waals surface area (Å²) in [5, 5.41) is 0.287. The molecule has 0 N–H and O–H groups in total. The Morgan fingerprint density at radius 2 is 2.12 bits per heavy atom. The van der Waals surface area contributed by atoms with E-state index in [2.05, 4.69) is 18.8 Å². The summed E-state index contributed by atoms with van der Waals surface area (Å²) in [4.78, 5) is 18.1. The van der Waals surface area contributed by atoms with Gasteiger partial charge in [-0.05, 0) is 25.0 Å². The summed E-state index contributed by atoms with van der Waals surface area (Å²) in [6.07, 6.45) is 4.64. The predicted molar refractivity (Wildman–Crippen MR) is 70.3 cm³/mol. The fourth-order valence-electron chi connectivity index (χ4n) is 1.65. The molecule has 0 unspecified atom stereocenters. The highest BCUT2D eigenvalue weighted by Gasteiger charge is 2.17. The Morgan fingerprint density at radius 1 is 1.35 bits per heavy atom. The highest BCUT2D eigenvalue weighted by molar-refractivity contribution is 6.32. The fourth-order valence-corrected chi connectivity index (χ4v) is 1.85. The minimum atomic E-state index is -0.0154. The van der Waals surface area contributed by atoms with Crippen LogP contribution >= 0.6 is 11.6 Å². The quantitative estimate of drug-likeness (QED) is 0.729. The molecule has 0 spiro atoms. The zero-order valence-electron chi connectivity index (χ0n) is 10.4. The number of carbonyl (C=O) groups excluding carboxylic acids is 1. The fraction of sp³-hybridized carbons (Fsp3) is 0.538. The number of aromatic nitrogens is 1. The van der Waals surface area contributed by atoms with Crippen LogP contribution in [0.3, 0.4) is 0 Å². The molecule has 0 saturated heterocycles. The van der Waals surface area contributed by atoms with Gasteiger partial charge in [-0.2, -0.15) is 0 Å². The summed E-state index contributed by atoms with van der Waals surface area (Å²) < 4.78 is 0. The number of hydrogen-bond donors (Lipinski definition) is 0. The van der Waals surface area contributed by atoms with Gasteiger partial charge in [0.2, 0.25) is 0 Å². The summed E-state index contributed by atoms with van der Waals surface area (Å²) in [6.45, 7) is 5.74. The molecule has 4 heteroatoms. The van der Waals surface area contributed by atoms with Crippen LogP contribution in [-0.2, 0) is 0 Å². The van der Waals surface area contributed by atoms with Crippen LogP contribution in [0.25, 0.3) is 0 Å². The van der Waals surface area contributed by atoms with E-state index in [9.17, 15) is 4.79 Å². The Labute approximate surface area is 108 Å². The highest BCUT2D eigenvalue weighted by atomic mass is 35.5. The molecule has 0 fully saturated rings. The molecule has 0 aliphatic carbocycles. The molecule has 94 valence electrons. The highest BCUT2D eigenvalue weighted by Crippen LogP contribution is 2.15. The Morgan fingerprint density at radius 3 is 2.71 bits per heavy atom. The van der Waals surface area contributed by atoms with E-state index in [-0.39, 0.29) is 11.1 Å². The van der Waals surface area contributed by atoms with Crippen LogP contribution in [0.1, 0.15) is 43.5 Å². The third-order valence-corrected chi connectivity index (χ3v) is 2.85. The predicted octanol–water partition coefficient (Wildman–Crippen LogP) is 3.39. The smallest absolute Gasteiger partial charge is 0.256 e. The molecule has 0 bridgehead atoms. The van der Waals surface area contributed by atoms with Crippen molar-refractivity contribution in [3.8, 4) is 0 Å². The largest absolute Gasteiger partial charge is 0.339 e. The van der Waals surface area contributed by atoms with E-state index in [1.165, 1.54) is 0 Å². The van der Waals surface area contributed by atoms with Crippen molar-refractivity contribution in [3.05, 3.63) is 29.0 Å². The maximum Gasteiger partial charge on any atom is 0.256 e. The Kier molecular flexibility index (Phi) is 5.98. The first-order chi connectivity index (χ1) is 8.20. The third-order valence-electron chi connectivity index (χ3n) is 2.55. The van der Waals surface area contributed by atoms with Gasteiger partial charge in [-0.1, -0.05) is 31.9 Å². The second-order valence-electron chi connectivity index (χ2n) is 3.99. The van der Waals surface area contributed by atoms with Crippen LogP contribution in [0.2, 0.25) is 5.15 Å². The molecule has 1 rings (SSSR count). The summed E-state index contributed by atoms with van der Waals surface area (Å²) in [5.74, 6) is -0.0154. The Bertz CT molecular complexity index is 368. The van der Waals surface area contributed by atoms with Crippen molar-refractivity contribution in [1.82, 2.24) is 9.88 Å². The molecule has 3 nitrogen and oxygen atoms in total. The van der Waals surface area contributed by atoms with Crippen LogP contribution < -0.4 is 0 Å². The molecule has 1 aromatic heterocycles. The van der Waals surface area contributed by atoms with Crippen molar-refractivity contribution in [2.75, 3.05) is 13.1 Å². The summed E-state index contributed by atoms with van der Waals surface area (Å²) in [7, 11) is 0. The van der Waals surface area contributed by atoms with Crippen molar-refractivity contribution in [1.29, 1.82) is 0 Å². The molecule has 0 radical (unpaired) electrons. The third kappa shape index (κ3) is 4.00. The Hall–Kier alpha value is -1.09. The van der Waals surface area contributed by atoms with Gasteiger partial charge in [0.15, 0.2) is 0 Å². The van der Waals surface area contributed by atoms with Crippen molar-refractivity contribution in [3.63, 3.8) is 0 Å². The zero-order valence-corrected chi connectivity index (χ0v) is 11.2. The lowest BCUT2D eigenvalue weighted by atomic mass is 10.2. The number of carbonyl (C=O) groups is 1. The molecule has 17 heavy (non-hydrogen) atoms. The molecular formula is C13H19ClN2O. The lowest BCUT2D eigenvalue weighted by Gasteiger charge is -2.22. The van der Waals surface area contributed by atoms with E-state index in [0.717, 1.165) is 32.4 Å². The lowest BCUT2D eigenvalue weighted by molar-refractivity contribution is 0.0753. The van der Waals surface area contributed by atoms with Crippen LogP contribution in [0, 0.1) is 0 Å². The molecule has 1 aromatic rings. The maximum atomic E-state index is 12.3. The van der Waals surface area contributed by atoms with Crippen LogP contribution in [-0.4, -0.2) is 28.9 Å². The first kappa shape index (κ1) is 14.0. The number of rotatable bonds is 6. The standard InChI is InChI=1S/C13H19ClN2O/c1-3-5-10-16(9-4-2)13(17)11-7-6-8-15-12(11)14/h6-8H,3-5,9-10H2,1-2H3. The minimum Gasteiger partial charge on any atom is -0.339 e. The van der Waals surface area contributed by atoms with Gasteiger partial charge in [0.1, 0.15) is 5.15 Å². The van der Waals surface area contributed by atoms with Crippen molar-refractivity contribution in [2.45, 2.75) is 33.1 Å². The number of unbranched alkanes of at least 4 members (excludes halogenated alkanes) is 1. The van der Waals surface area contributed by atoms with E-state index in [4.69, 9.17) is 11.6 Å². The van der Waals surface area contributed by atoms with Gasteiger partial charge in [-0.25, -0.2) is 4.98 Å². The van der Waals surface area contributed by atoms with Crippen molar-refractivity contribution in [2.24, 2.45) is 0 Å². The van der Waals surface area contributed by atoms with E-state index in [1.54, 1.807) is 18.3 Å². The van der Waals surface area contributed by atoms with Gasteiger partial charge in [0, 0.05) is 19.3 Å². The molecule has 0 aliphatic heterocycles. The van der Waals surface area contributed by atoms with Gasteiger partial charge in [0.25, 0.3) is 5.91 Å². The van der Waals surface area contributed by atoms with Crippen LogP contribution in [0.15, 0.2) is 18.3 Å². The van der Waals surface area contributed by atoms with E-state index < -0.39 is 0 Å². The van der Waals surface area contributed by atoms with Gasteiger partial charge in [0.05, 0.1) is 5.56 Å². The Balaban J connectivity index is 2.80. The number of amides is 1. The first-order valence-electron chi connectivity index (χ1n) is 6.10. The molecule has 1 heterocycles. The van der Waals surface area contributed by atoms with Gasteiger partial charge < -0.3 is 4.90 Å². The molecule has 0 aliphatic rings. The molecule has 0 aromatic carbocycles. The van der Waals surface area contributed by atoms with Gasteiger partial charge in [-0.3, -0.25) is 4.79 Å². The van der Waals surface area contributed by atoms with Gasteiger partial charge >= 0.3 is 0 Å². The maximum absolute atomic E-state index is 12.3. The van der Waals surface area contributed by atoms with Crippen molar-refractivity contribution < 1.29 is 4.79 Å². The second kappa shape index (κ2) is 7.28. The van der Waals surface area contributed by atoms with Crippen LogP contribution in [0.4, 0.5) is 0 Å². The minimum absolute atomic E-state index is 0.0154. The van der Waals surface area contributed by atoms with E-state index >= 15 is 0 Å². The SMILES string of the molecule is CCCCN(CCC)C(=O)c1cccnc1Cl. The average Bonchev–Trinajstić information content (AvgIpc) is 2.34. The summed E-state index contributed by atoms with van der Waals surface area (Å²) in [5.41, 5.74) is 0.499. The number of pyridine rings is 1. The topological polar surface area (TPSA) is 33.2 Å². The number of hydrogen-bond acceptors (Lipinski definition) is 2. The van der Waals surface area contributed by atoms with Gasteiger partial charge in [-0.15, -0.1) is 0 Å². The van der Waals surface area contributed by atoms with E-state index in [0.29, 0.717) is 5.56 Å². The normalized spacial score (nSPS) is 10.3.